The van der Waals surface area contributed by atoms with Crippen molar-refractivity contribution >= 4 is 29.1 Å². The Balaban J connectivity index is 1.26. The molecule has 1 atom stereocenters. The molecule has 6 nitrogen and oxygen atoms in total. The zero-order valence-corrected chi connectivity index (χ0v) is 16.8. The van der Waals surface area contributed by atoms with Crippen LogP contribution < -0.4 is 15.0 Å². The number of carbonyl (C=O) groups is 2. The average molecular weight is 414 g/mol. The first-order valence-electron chi connectivity index (χ1n) is 10.0. The minimum atomic E-state index is -0.319. The summed E-state index contributed by atoms with van der Waals surface area (Å²) < 4.78 is 5.91. The fourth-order valence-electron chi connectivity index (χ4n) is 3.99. The minimum absolute atomic E-state index is 0.0278. The van der Waals surface area contributed by atoms with Crippen LogP contribution in [0.2, 0.25) is 5.02 Å². The van der Waals surface area contributed by atoms with Gasteiger partial charge in [-0.3, -0.25) is 9.59 Å². The lowest BCUT2D eigenvalue weighted by Crippen LogP contribution is -2.43. The predicted octanol–water partition coefficient (Wildman–Crippen LogP) is 3.59. The normalized spacial score (nSPS) is 24.4. The van der Waals surface area contributed by atoms with Crippen molar-refractivity contribution in [2.75, 3.05) is 11.4 Å². The quantitative estimate of drug-likeness (QED) is 0.813. The number of benzene rings is 1. The highest BCUT2D eigenvalue weighted by molar-refractivity contribution is 6.30. The van der Waals surface area contributed by atoms with Gasteiger partial charge in [-0.2, -0.15) is 0 Å². The van der Waals surface area contributed by atoms with Crippen LogP contribution in [0.15, 0.2) is 48.7 Å². The maximum atomic E-state index is 12.7. The van der Waals surface area contributed by atoms with Gasteiger partial charge in [0.25, 0.3) is 0 Å². The van der Waals surface area contributed by atoms with Gasteiger partial charge in [0.05, 0.1) is 5.92 Å². The smallest absolute Gasteiger partial charge is 0.227 e. The van der Waals surface area contributed by atoms with Gasteiger partial charge < -0.3 is 15.0 Å². The van der Waals surface area contributed by atoms with Crippen LogP contribution in [0.25, 0.3) is 0 Å². The van der Waals surface area contributed by atoms with Gasteiger partial charge in [0, 0.05) is 42.0 Å². The predicted molar refractivity (Wildman–Crippen MR) is 111 cm³/mol. The van der Waals surface area contributed by atoms with E-state index in [0.29, 0.717) is 17.4 Å². The van der Waals surface area contributed by atoms with E-state index in [2.05, 4.69) is 10.3 Å². The Bertz CT molecular complexity index is 851. The van der Waals surface area contributed by atoms with Crippen LogP contribution in [-0.2, 0) is 9.59 Å². The molecule has 0 radical (unpaired) electrons. The van der Waals surface area contributed by atoms with Gasteiger partial charge >= 0.3 is 0 Å². The Hall–Kier alpha value is -2.60. The van der Waals surface area contributed by atoms with Crippen molar-refractivity contribution in [1.82, 2.24) is 10.3 Å². The molecule has 2 heterocycles. The average Bonchev–Trinajstić information content (AvgIpc) is 3.13. The SMILES string of the molecule is O=C(NC1CCC(Oc2ccccn2)CC1)C1CC(=O)N(c2ccc(Cl)cc2)C1. The Labute approximate surface area is 175 Å². The van der Waals surface area contributed by atoms with Crippen molar-refractivity contribution < 1.29 is 14.3 Å². The number of rotatable bonds is 5. The summed E-state index contributed by atoms with van der Waals surface area (Å²) in [6.45, 7) is 0.407. The highest BCUT2D eigenvalue weighted by atomic mass is 35.5. The lowest BCUT2D eigenvalue weighted by Gasteiger charge is -2.29. The number of pyridine rings is 1. The van der Waals surface area contributed by atoms with Crippen molar-refractivity contribution in [2.24, 2.45) is 5.92 Å². The highest BCUT2D eigenvalue weighted by Gasteiger charge is 2.36. The summed E-state index contributed by atoms with van der Waals surface area (Å²) in [6, 6.07) is 12.9. The number of aromatic nitrogens is 1. The molecule has 7 heteroatoms. The number of nitrogens with zero attached hydrogens (tertiary/aromatic N) is 2. The van der Waals surface area contributed by atoms with E-state index < -0.39 is 0 Å². The number of ether oxygens (including phenoxy) is 1. The molecule has 1 saturated heterocycles. The van der Waals surface area contributed by atoms with Crippen LogP contribution in [0.4, 0.5) is 5.69 Å². The molecule has 1 aromatic heterocycles. The van der Waals surface area contributed by atoms with E-state index in [-0.39, 0.29) is 36.3 Å². The third-order valence-corrected chi connectivity index (χ3v) is 5.83. The first-order chi connectivity index (χ1) is 14.1. The second-order valence-corrected chi connectivity index (χ2v) is 8.09. The van der Waals surface area contributed by atoms with Crippen LogP contribution >= 0.6 is 11.6 Å². The summed E-state index contributed by atoms with van der Waals surface area (Å²) in [5.74, 6) is 0.260. The van der Waals surface area contributed by atoms with E-state index in [1.165, 1.54) is 0 Å². The number of anilines is 1. The van der Waals surface area contributed by atoms with Crippen molar-refractivity contribution in [3.05, 3.63) is 53.7 Å². The van der Waals surface area contributed by atoms with Crippen LogP contribution in [0.1, 0.15) is 32.1 Å². The van der Waals surface area contributed by atoms with Gasteiger partial charge in [-0.25, -0.2) is 4.98 Å². The van der Waals surface area contributed by atoms with Crippen LogP contribution in [0.3, 0.4) is 0 Å². The summed E-state index contributed by atoms with van der Waals surface area (Å²) in [5, 5.41) is 3.76. The fourth-order valence-corrected chi connectivity index (χ4v) is 4.11. The van der Waals surface area contributed by atoms with Gasteiger partial charge in [-0.05, 0) is 56.0 Å². The van der Waals surface area contributed by atoms with Crippen molar-refractivity contribution in [3.63, 3.8) is 0 Å². The minimum Gasteiger partial charge on any atom is -0.474 e. The fraction of sp³-hybridized carbons (Fsp3) is 0.409. The second kappa shape index (κ2) is 8.82. The monoisotopic (exact) mass is 413 g/mol. The molecule has 2 fully saturated rings. The maximum Gasteiger partial charge on any atom is 0.227 e. The number of hydrogen-bond acceptors (Lipinski definition) is 4. The summed E-state index contributed by atoms with van der Waals surface area (Å²) in [5.41, 5.74) is 0.780. The molecular formula is C22H24ClN3O3. The summed E-state index contributed by atoms with van der Waals surface area (Å²) in [7, 11) is 0. The van der Waals surface area contributed by atoms with Crippen molar-refractivity contribution in [3.8, 4) is 5.88 Å². The molecule has 152 valence electrons. The molecule has 1 N–H and O–H groups in total. The molecule has 1 aliphatic heterocycles. The van der Waals surface area contributed by atoms with Gasteiger partial charge in [0.1, 0.15) is 6.10 Å². The van der Waals surface area contributed by atoms with Gasteiger partial charge in [0.15, 0.2) is 0 Å². The number of carbonyl (C=O) groups excluding carboxylic acids is 2. The maximum absolute atomic E-state index is 12.7. The molecule has 1 unspecified atom stereocenters. The van der Waals surface area contributed by atoms with Gasteiger partial charge in [-0.1, -0.05) is 17.7 Å². The molecule has 1 saturated carbocycles. The van der Waals surface area contributed by atoms with E-state index in [0.717, 1.165) is 31.4 Å². The number of amides is 2. The van der Waals surface area contributed by atoms with Crippen molar-refractivity contribution in [1.29, 1.82) is 0 Å². The second-order valence-electron chi connectivity index (χ2n) is 7.65. The van der Waals surface area contributed by atoms with Gasteiger partial charge in [0.2, 0.25) is 17.7 Å². The lowest BCUT2D eigenvalue weighted by atomic mass is 9.92. The van der Waals surface area contributed by atoms with E-state index in [1.54, 1.807) is 23.2 Å². The van der Waals surface area contributed by atoms with E-state index in [1.807, 2.05) is 30.3 Å². The van der Waals surface area contributed by atoms with Crippen LogP contribution in [-0.4, -0.2) is 35.5 Å². The number of halogens is 1. The standard InChI is InChI=1S/C22H24ClN3O3/c23-16-4-8-18(9-5-16)26-14-15(13-21(26)27)22(28)25-17-6-10-19(11-7-17)29-20-3-1-2-12-24-20/h1-5,8-9,12,15,17,19H,6-7,10-11,13-14H2,(H,25,28). The summed E-state index contributed by atoms with van der Waals surface area (Å²) in [4.78, 5) is 30.9. The van der Waals surface area contributed by atoms with E-state index >= 15 is 0 Å². The number of hydrogen-bond donors (Lipinski definition) is 1. The topological polar surface area (TPSA) is 71.5 Å². The summed E-state index contributed by atoms with van der Waals surface area (Å²) >= 11 is 5.92. The molecule has 1 aliphatic carbocycles. The first-order valence-corrected chi connectivity index (χ1v) is 10.4. The molecule has 29 heavy (non-hydrogen) atoms. The molecule has 0 bridgehead atoms. The zero-order valence-electron chi connectivity index (χ0n) is 16.1. The van der Waals surface area contributed by atoms with Crippen LogP contribution in [0, 0.1) is 5.92 Å². The number of nitrogens with one attached hydrogen (secondary N) is 1. The Morgan fingerprint density at radius 3 is 2.55 bits per heavy atom. The van der Waals surface area contributed by atoms with Crippen LogP contribution in [0.5, 0.6) is 5.88 Å². The molecule has 2 aromatic rings. The first kappa shape index (κ1) is 19.7. The molecule has 0 spiro atoms. The molecule has 2 amide bonds. The largest absolute Gasteiger partial charge is 0.474 e. The Kier molecular flexibility index (Phi) is 6.00. The Morgan fingerprint density at radius 1 is 1.10 bits per heavy atom. The third kappa shape index (κ3) is 4.88. The third-order valence-electron chi connectivity index (χ3n) is 5.58. The van der Waals surface area contributed by atoms with Crippen molar-refractivity contribution in [2.45, 2.75) is 44.2 Å². The molecule has 2 aliphatic rings. The lowest BCUT2D eigenvalue weighted by molar-refractivity contribution is -0.127. The van der Waals surface area contributed by atoms with E-state index in [9.17, 15) is 9.59 Å². The highest BCUT2D eigenvalue weighted by Crippen LogP contribution is 2.28. The molecular weight excluding hydrogens is 390 g/mol. The molecule has 1 aromatic carbocycles. The zero-order chi connectivity index (χ0) is 20.2. The van der Waals surface area contributed by atoms with Gasteiger partial charge in [-0.15, -0.1) is 0 Å². The Morgan fingerprint density at radius 2 is 1.86 bits per heavy atom. The summed E-state index contributed by atoms with van der Waals surface area (Å²) in [6.07, 6.45) is 5.58. The van der Waals surface area contributed by atoms with E-state index in [4.69, 9.17) is 16.3 Å². The molecule has 4 rings (SSSR count).